The summed E-state index contributed by atoms with van der Waals surface area (Å²) in [5, 5.41) is 2.67. The first-order valence-electron chi connectivity index (χ1n) is 5.69. The zero-order chi connectivity index (χ0) is 12.7. The number of benzene rings is 1. The zero-order valence-corrected chi connectivity index (χ0v) is 10.2. The lowest BCUT2D eigenvalue weighted by Gasteiger charge is -2.21. The number of nitrogens with one attached hydrogen (secondary N) is 1. The van der Waals surface area contributed by atoms with Crippen LogP contribution in [0.4, 0.5) is 11.4 Å². The Hall–Kier alpha value is -2.02. The van der Waals surface area contributed by atoms with Crippen molar-refractivity contribution in [3.05, 3.63) is 35.7 Å². The molecule has 0 fully saturated rings. The molecule has 4 heteroatoms. The average Bonchev–Trinajstić information content (AvgIpc) is 2.33. The SMILES string of the molecule is [C-]#[N+]CC(=O)Nc1ccc(N(CC)CC)cc1. The standard InChI is InChI=1S/C13H17N3O/c1-4-16(5-2)12-8-6-11(7-9-12)15-13(17)10-14-3/h6-9H,4-5,10H2,1-2H3,(H,15,17). The number of carbonyl (C=O) groups is 1. The number of anilines is 2. The Bertz CT molecular complexity index is 402. The lowest BCUT2D eigenvalue weighted by Crippen LogP contribution is -2.21. The van der Waals surface area contributed by atoms with Crippen LogP contribution in [-0.2, 0) is 4.79 Å². The van der Waals surface area contributed by atoms with E-state index in [1.54, 1.807) is 0 Å². The second-order valence-electron chi connectivity index (χ2n) is 3.58. The first-order chi connectivity index (χ1) is 8.21. The Kier molecular flexibility index (Phi) is 5.02. The first-order valence-corrected chi connectivity index (χ1v) is 5.69. The van der Waals surface area contributed by atoms with E-state index in [-0.39, 0.29) is 12.5 Å². The molecule has 0 bridgehead atoms. The van der Waals surface area contributed by atoms with E-state index in [2.05, 4.69) is 28.9 Å². The van der Waals surface area contributed by atoms with Crippen LogP contribution in [0.25, 0.3) is 4.85 Å². The predicted molar refractivity (Wildman–Crippen MR) is 70.1 cm³/mol. The molecule has 0 heterocycles. The molecule has 17 heavy (non-hydrogen) atoms. The molecule has 0 saturated heterocycles. The van der Waals surface area contributed by atoms with Crippen LogP contribution in [0.2, 0.25) is 0 Å². The summed E-state index contributed by atoms with van der Waals surface area (Å²) in [6.07, 6.45) is 0. The highest BCUT2D eigenvalue weighted by Gasteiger charge is 2.05. The van der Waals surface area contributed by atoms with Gasteiger partial charge >= 0.3 is 5.91 Å². The molecule has 1 amide bonds. The maximum atomic E-state index is 11.2. The highest BCUT2D eigenvalue weighted by atomic mass is 16.1. The minimum Gasteiger partial charge on any atom is -0.372 e. The van der Waals surface area contributed by atoms with Gasteiger partial charge in [0.05, 0.1) is 0 Å². The van der Waals surface area contributed by atoms with Gasteiger partial charge < -0.3 is 15.1 Å². The van der Waals surface area contributed by atoms with Gasteiger partial charge in [-0.15, -0.1) is 0 Å². The molecular formula is C13H17N3O. The molecule has 1 aromatic carbocycles. The second-order valence-corrected chi connectivity index (χ2v) is 3.58. The lowest BCUT2D eigenvalue weighted by molar-refractivity contribution is -0.114. The van der Waals surface area contributed by atoms with E-state index in [4.69, 9.17) is 6.57 Å². The summed E-state index contributed by atoms with van der Waals surface area (Å²) in [5.74, 6) is -0.268. The monoisotopic (exact) mass is 231 g/mol. The van der Waals surface area contributed by atoms with Crippen molar-refractivity contribution in [3.63, 3.8) is 0 Å². The van der Waals surface area contributed by atoms with Crippen LogP contribution >= 0.6 is 0 Å². The van der Waals surface area contributed by atoms with E-state index in [1.807, 2.05) is 24.3 Å². The number of hydrogen-bond acceptors (Lipinski definition) is 2. The van der Waals surface area contributed by atoms with Gasteiger partial charge in [-0.2, -0.15) is 0 Å². The van der Waals surface area contributed by atoms with Crippen LogP contribution in [0.1, 0.15) is 13.8 Å². The normalized spacial score (nSPS) is 9.47. The molecule has 1 rings (SSSR count). The quantitative estimate of drug-likeness (QED) is 0.790. The summed E-state index contributed by atoms with van der Waals surface area (Å²) in [4.78, 5) is 16.5. The van der Waals surface area contributed by atoms with Crippen LogP contribution in [0, 0.1) is 6.57 Å². The molecule has 0 atom stereocenters. The minimum absolute atomic E-state index is 0.127. The summed E-state index contributed by atoms with van der Waals surface area (Å²) in [7, 11) is 0. The van der Waals surface area contributed by atoms with Gasteiger partial charge in [-0.3, -0.25) is 4.79 Å². The van der Waals surface area contributed by atoms with Gasteiger partial charge in [0, 0.05) is 24.5 Å². The van der Waals surface area contributed by atoms with E-state index >= 15 is 0 Å². The topological polar surface area (TPSA) is 36.7 Å². The maximum absolute atomic E-state index is 11.2. The number of amides is 1. The van der Waals surface area contributed by atoms with Crippen molar-refractivity contribution >= 4 is 17.3 Å². The van der Waals surface area contributed by atoms with E-state index in [0.717, 1.165) is 24.5 Å². The van der Waals surface area contributed by atoms with E-state index in [9.17, 15) is 4.79 Å². The third kappa shape index (κ3) is 3.80. The molecule has 0 aliphatic carbocycles. The molecule has 0 aliphatic rings. The molecule has 1 N–H and O–H groups in total. The van der Waals surface area contributed by atoms with Gasteiger partial charge in [0.1, 0.15) is 0 Å². The molecule has 0 unspecified atom stereocenters. The van der Waals surface area contributed by atoms with Crippen molar-refractivity contribution < 1.29 is 4.79 Å². The number of hydrogen-bond donors (Lipinski definition) is 1. The molecule has 4 nitrogen and oxygen atoms in total. The number of rotatable bonds is 5. The molecule has 0 radical (unpaired) electrons. The van der Waals surface area contributed by atoms with Crippen molar-refractivity contribution in [2.45, 2.75) is 13.8 Å². The van der Waals surface area contributed by atoms with Crippen molar-refractivity contribution in [2.75, 3.05) is 29.9 Å². The smallest absolute Gasteiger partial charge is 0.304 e. The van der Waals surface area contributed by atoms with Gasteiger partial charge in [-0.1, -0.05) is 0 Å². The largest absolute Gasteiger partial charge is 0.372 e. The molecule has 0 aliphatic heterocycles. The molecule has 0 spiro atoms. The molecule has 1 aromatic rings. The Morgan fingerprint density at radius 1 is 1.29 bits per heavy atom. The summed E-state index contributed by atoms with van der Waals surface area (Å²) in [6.45, 7) is 12.6. The predicted octanol–water partition coefficient (Wildman–Crippen LogP) is 2.39. The van der Waals surface area contributed by atoms with Gasteiger partial charge in [-0.05, 0) is 38.1 Å². The van der Waals surface area contributed by atoms with E-state index < -0.39 is 0 Å². The highest BCUT2D eigenvalue weighted by Crippen LogP contribution is 2.17. The van der Waals surface area contributed by atoms with Gasteiger partial charge in [0.25, 0.3) is 6.54 Å². The van der Waals surface area contributed by atoms with Gasteiger partial charge in [-0.25, -0.2) is 6.57 Å². The van der Waals surface area contributed by atoms with E-state index in [0.29, 0.717) is 0 Å². The number of nitrogens with zero attached hydrogens (tertiary/aromatic N) is 2. The average molecular weight is 231 g/mol. The first kappa shape index (κ1) is 13.0. The fourth-order valence-corrected chi connectivity index (χ4v) is 1.62. The zero-order valence-electron chi connectivity index (χ0n) is 10.2. The summed E-state index contributed by atoms with van der Waals surface area (Å²) in [5.41, 5.74) is 1.87. The Morgan fingerprint density at radius 3 is 2.35 bits per heavy atom. The summed E-state index contributed by atoms with van der Waals surface area (Å²) in [6, 6.07) is 7.66. The third-order valence-electron chi connectivity index (χ3n) is 2.50. The molecule has 0 aromatic heterocycles. The van der Waals surface area contributed by atoms with Crippen LogP contribution in [0.15, 0.2) is 24.3 Å². The van der Waals surface area contributed by atoms with E-state index in [1.165, 1.54) is 0 Å². The fraction of sp³-hybridized carbons (Fsp3) is 0.385. The maximum Gasteiger partial charge on any atom is 0.304 e. The molecular weight excluding hydrogens is 214 g/mol. The Labute approximate surface area is 102 Å². The van der Waals surface area contributed by atoms with Crippen LogP contribution < -0.4 is 10.2 Å². The second kappa shape index (κ2) is 6.54. The van der Waals surface area contributed by atoms with Crippen LogP contribution in [0.3, 0.4) is 0 Å². The molecule has 0 saturated carbocycles. The summed E-state index contributed by atoms with van der Waals surface area (Å²) >= 11 is 0. The molecule has 90 valence electrons. The highest BCUT2D eigenvalue weighted by molar-refractivity contribution is 5.93. The van der Waals surface area contributed by atoms with Crippen molar-refractivity contribution in [1.82, 2.24) is 0 Å². The van der Waals surface area contributed by atoms with Gasteiger partial charge in [0.2, 0.25) is 0 Å². The van der Waals surface area contributed by atoms with Crippen LogP contribution in [-0.4, -0.2) is 25.5 Å². The van der Waals surface area contributed by atoms with Crippen LogP contribution in [0.5, 0.6) is 0 Å². The third-order valence-corrected chi connectivity index (χ3v) is 2.50. The summed E-state index contributed by atoms with van der Waals surface area (Å²) < 4.78 is 0. The number of carbonyl (C=O) groups excluding carboxylic acids is 1. The Balaban J connectivity index is 2.68. The fourth-order valence-electron chi connectivity index (χ4n) is 1.62. The van der Waals surface area contributed by atoms with Crippen molar-refractivity contribution in [2.24, 2.45) is 0 Å². The van der Waals surface area contributed by atoms with Gasteiger partial charge in [0.15, 0.2) is 0 Å². The van der Waals surface area contributed by atoms with Crippen molar-refractivity contribution in [3.8, 4) is 0 Å². The minimum atomic E-state index is -0.268. The Morgan fingerprint density at radius 2 is 1.88 bits per heavy atom. The lowest BCUT2D eigenvalue weighted by atomic mass is 10.2. The van der Waals surface area contributed by atoms with Crippen molar-refractivity contribution in [1.29, 1.82) is 0 Å².